The van der Waals surface area contributed by atoms with E-state index in [1.165, 1.54) is 0 Å². The normalized spacial score (nSPS) is 28.3. The number of rotatable bonds is 2. The Balaban J connectivity index is 2.33. The Morgan fingerprint density at radius 1 is 1.39 bits per heavy atom. The quantitative estimate of drug-likeness (QED) is 0.896. The number of nitrogens with two attached hydrogens (primary N) is 1. The van der Waals surface area contributed by atoms with Crippen molar-refractivity contribution in [2.45, 2.75) is 32.4 Å². The second-order valence-electron chi connectivity index (χ2n) is 5.06. The van der Waals surface area contributed by atoms with Crippen LogP contribution in [-0.4, -0.2) is 25.7 Å². The molecule has 1 saturated heterocycles. The smallest absolute Gasteiger partial charge is 0.142 e. The second-order valence-corrected chi connectivity index (χ2v) is 5.50. The number of nitrogens with zero attached hydrogens (tertiary/aromatic N) is 1. The lowest BCUT2D eigenvalue weighted by atomic mass is 9.87. The first-order valence-electron chi connectivity index (χ1n) is 6.40. The van der Waals surface area contributed by atoms with Crippen molar-refractivity contribution in [3.8, 4) is 5.75 Å². The summed E-state index contributed by atoms with van der Waals surface area (Å²) in [6, 6.07) is 6.42. The third kappa shape index (κ3) is 2.43. The molecule has 0 radical (unpaired) electrons. The molecule has 0 bridgehead atoms. The van der Waals surface area contributed by atoms with Crippen molar-refractivity contribution in [3.05, 3.63) is 23.2 Å². The molecule has 2 rings (SSSR count). The van der Waals surface area contributed by atoms with Crippen molar-refractivity contribution in [3.63, 3.8) is 0 Å². The maximum atomic E-state index is 6.13. The van der Waals surface area contributed by atoms with Crippen molar-refractivity contribution >= 4 is 17.3 Å². The Kier molecular flexibility index (Phi) is 4.03. The van der Waals surface area contributed by atoms with Crippen LogP contribution in [0.1, 0.15) is 20.3 Å². The predicted octanol–water partition coefficient (Wildman–Crippen LogP) is 2.91. The van der Waals surface area contributed by atoms with Gasteiger partial charge in [-0.3, -0.25) is 0 Å². The fourth-order valence-corrected chi connectivity index (χ4v) is 2.79. The lowest BCUT2D eigenvalue weighted by Crippen LogP contribution is -2.51. The zero-order valence-electron chi connectivity index (χ0n) is 11.2. The van der Waals surface area contributed by atoms with E-state index in [4.69, 9.17) is 22.1 Å². The first-order valence-corrected chi connectivity index (χ1v) is 6.78. The first kappa shape index (κ1) is 13.5. The minimum absolute atomic E-state index is 0.279. The molecule has 18 heavy (non-hydrogen) atoms. The molecule has 0 saturated carbocycles. The van der Waals surface area contributed by atoms with Crippen molar-refractivity contribution < 1.29 is 4.74 Å². The van der Waals surface area contributed by atoms with Gasteiger partial charge in [0.15, 0.2) is 0 Å². The molecule has 1 heterocycles. The Morgan fingerprint density at radius 2 is 2.11 bits per heavy atom. The molecule has 1 fully saturated rings. The first-order chi connectivity index (χ1) is 8.54. The van der Waals surface area contributed by atoms with Crippen LogP contribution < -0.4 is 15.4 Å². The van der Waals surface area contributed by atoms with Crippen molar-refractivity contribution in [1.29, 1.82) is 0 Å². The van der Waals surface area contributed by atoms with Gasteiger partial charge in [-0.15, -0.1) is 0 Å². The summed E-state index contributed by atoms with van der Waals surface area (Å²) in [5.74, 6) is 1.33. The standard InChI is InChI=1S/C14H21ClN2O/c1-9-10(2)17(7-6-12(9)16)13-8-11(15)4-5-14(13)18-3/h4-5,8-10,12H,6-7,16H2,1-3H3. The van der Waals surface area contributed by atoms with Gasteiger partial charge in [0.25, 0.3) is 0 Å². The average molecular weight is 269 g/mol. The van der Waals surface area contributed by atoms with E-state index in [1.807, 2.05) is 18.2 Å². The molecule has 4 heteroatoms. The summed E-state index contributed by atoms with van der Waals surface area (Å²) in [7, 11) is 1.69. The van der Waals surface area contributed by atoms with Crippen LogP contribution in [0.3, 0.4) is 0 Å². The van der Waals surface area contributed by atoms with Gasteiger partial charge in [0.05, 0.1) is 12.8 Å². The molecule has 0 aliphatic carbocycles. The van der Waals surface area contributed by atoms with Crippen LogP contribution in [0, 0.1) is 5.92 Å². The monoisotopic (exact) mass is 268 g/mol. The molecule has 100 valence electrons. The summed E-state index contributed by atoms with van der Waals surface area (Å²) in [6.45, 7) is 5.37. The molecule has 3 unspecified atom stereocenters. The summed E-state index contributed by atoms with van der Waals surface area (Å²) in [5.41, 5.74) is 7.19. The zero-order valence-corrected chi connectivity index (χ0v) is 11.9. The molecule has 3 atom stereocenters. The molecular weight excluding hydrogens is 248 g/mol. The van der Waals surface area contributed by atoms with Gasteiger partial charge in [-0.05, 0) is 37.5 Å². The van der Waals surface area contributed by atoms with Crippen LogP contribution in [0.2, 0.25) is 5.02 Å². The highest BCUT2D eigenvalue weighted by Gasteiger charge is 2.31. The van der Waals surface area contributed by atoms with Crippen molar-refractivity contribution in [1.82, 2.24) is 0 Å². The van der Waals surface area contributed by atoms with E-state index in [0.29, 0.717) is 12.0 Å². The minimum Gasteiger partial charge on any atom is -0.495 e. The van der Waals surface area contributed by atoms with Gasteiger partial charge in [0, 0.05) is 23.7 Å². The maximum absolute atomic E-state index is 6.13. The van der Waals surface area contributed by atoms with Gasteiger partial charge in [-0.1, -0.05) is 18.5 Å². The Labute approximate surface area is 114 Å². The van der Waals surface area contributed by atoms with Crippen molar-refractivity contribution in [2.24, 2.45) is 11.7 Å². The second kappa shape index (κ2) is 5.37. The lowest BCUT2D eigenvalue weighted by Gasteiger charge is -2.43. The fourth-order valence-electron chi connectivity index (χ4n) is 2.62. The molecule has 0 spiro atoms. The van der Waals surface area contributed by atoms with E-state index in [9.17, 15) is 0 Å². The minimum atomic E-state index is 0.279. The Bertz CT molecular complexity index is 424. The van der Waals surface area contributed by atoms with E-state index in [-0.39, 0.29) is 6.04 Å². The molecule has 2 N–H and O–H groups in total. The van der Waals surface area contributed by atoms with Crippen LogP contribution >= 0.6 is 11.6 Å². The highest BCUT2D eigenvalue weighted by atomic mass is 35.5. The number of benzene rings is 1. The number of piperidine rings is 1. The number of hydrogen-bond acceptors (Lipinski definition) is 3. The number of halogens is 1. The van der Waals surface area contributed by atoms with E-state index in [1.54, 1.807) is 7.11 Å². The number of hydrogen-bond donors (Lipinski definition) is 1. The van der Waals surface area contributed by atoms with Gasteiger partial charge in [-0.25, -0.2) is 0 Å². The number of methoxy groups -OCH3 is 1. The largest absolute Gasteiger partial charge is 0.495 e. The third-order valence-corrected chi connectivity index (χ3v) is 4.32. The lowest BCUT2D eigenvalue weighted by molar-refractivity contribution is 0.312. The van der Waals surface area contributed by atoms with Crippen molar-refractivity contribution in [2.75, 3.05) is 18.6 Å². The zero-order chi connectivity index (χ0) is 13.3. The van der Waals surface area contributed by atoms with Crippen LogP contribution in [0.15, 0.2) is 18.2 Å². The molecular formula is C14H21ClN2O. The Morgan fingerprint density at radius 3 is 2.78 bits per heavy atom. The van der Waals surface area contributed by atoms with E-state index in [0.717, 1.165) is 29.4 Å². The van der Waals surface area contributed by atoms with Gasteiger partial charge < -0.3 is 15.4 Å². The topological polar surface area (TPSA) is 38.5 Å². The molecule has 1 aliphatic rings. The van der Waals surface area contributed by atoms with Crippen LogP contribution in [-0.2, 0) is 0 Å². The number of anilines is 1. The molecule has 1 aliphatic heterocycles. The summed E-state index contributed by atoms with van der Waals surface area (Å²) in [5, 5.41) is 0.737. The van der Waals surface area contributed by atoms with Gasteiger partial charge in [-0.2, -0.15) is 0 Å². The molecule has 3 nitrogen and oxygen atoms in total. The molecule has 0 amide bonds. The van der Waals surface area contributed by atoms with E-state index < -0.39 is 0 Å². The Hall–Kier alpha value is -0.930. The highest BCUT2D eigenvalue weighted by Crippen LogP contribution is 2.36. The summed E-state index contributed by atoms with van der Waals surface area (Å²) < 4.78 is 5.43. The predicted molar refractivity (Wildman–Crippen MR) is 76.6 cm³/mol. The molecule has 0 aromatic heterocycles. The SMILES string of the molecule is COc1ccc(Cl)cc1N1CCC(N)C(C)C1C. The van der Waals surface area contributed by atoms with Crippen LogP contribution in [0.25, 0.3) is 0 Å². The van der Waals surface area contributed by atoms with E-state index in [2.05, 4.69) is 18.7 Å². The maximum Gasteiger partial charge on any atom is 0.142 e. The summed E-state index contributed by atoms with van der Waals surface area (Å²) in [4.78, 5) is 2.35. The number of ether oxygens (including phenoxy) is 1. The average Bonchev–Trinajstić information content (AvgIpc) is 2.36. The van der Waals surface area contributed by atoms with Crippen LogP contribution in [0.4, 0.5) is 5.69 Å². The molecule has 1 aromatic rings. The summed E-state index contributed by atoms with van der Waals surface area (Å²) >= 11 is 6.10. The van der Waals surface area contributed by atoms with E-state index >= 15 is 0 Å². The van der Waals surface area contributed by atoms with Gasteiger partial charge in [0.2, 0.25) is 0 Å². The fraction of sp³-hybridized carbons (Fsp3) is 0.571. The van der Waals surface area contributed by atoms with Gasteiger partial charge >= 0.3 is 0 Å². The third-order valence-electron chi connectivity index (χ3n) is 4.08. The molecule has 1 aromatic carbocycles. The summed E-state index contributed by atoms with van der Waals surface area (Å²) in [6.07, 6.45) is 1.00. The van der Waals surface area contributed by atoms with Gasteiger partial charge in [0.1, 0.15) is 5.75 Å². The van der Waals surface area contributed by atoms with Crippen LogP contribution in [0.5, 0.6) is 5.75 Å². The highest BCUT2D eigenvalue weighted by molar-refractivity contribution is 6.30.